The van der Waals surface area contributed by atoms with Gasteiger partial charge in [0.15, 0.2) is 6.23 Å². The summed E-state index contributed by atoms with van der Waals surface area (Å²) in [6.07, 6.45) is 0.566. The summed E-state index contributed by atoms with van der Waals surface area (Å²) in [6, 6.07) is 12.4. The van der Waals surface area contributed by atoms with Crippen molar-refractivity contribution in [2.75, 3.05) is 98.2 Å². The minimum Gasteiger partial charge on any atom is -0.481 e. The van der Waals surface area contributed by atoms with Gasteiger partial charge in [-0.25, -0.2) is 4.79 Å². The van der Waals surface area contributed by atoms with Crippen LogP contribution in [0.15, 0.2) is 48.5 Å². The summed E-state index contributed by atoms with van der Waals surface area (Å²) >= 11 is 0. The van der Waals surface area contributed by atoms with E-state index in [1.807, 2.05) is 36.1 Å². The molecular formula is C49H71N9O15. The Morgan fingerprint density at radius 1 is 0.644 bits per heavy atom. The lowest BCUT2D eigenvalue weighted by Gasteiger charge is -2.32. The molecule has 73 heavy (non-hydrogen) atoms. The largest absolute Gasteiger partial charge is 0.481 e. The lowest BCUT2D eigenvalue weighted by molar-refractivity contribution is -0.140. The van der Waals surface area contributed by atoms with E-state index < -0.39 is 54.0 Å². The van der Waals surface area contributed by atoms with Crippen LogP contribution in [-0.4, -0.2) is 215 Å². The molecule has 402 valence electrons. The number of benzene rings is 2. The number of amides is 5. The number of hydrogen-bond donors (Lipinski definition) is 8. The van der Waals surface area contributed by atoms with Gasteiger partial charge < -0.3 is 51.3 Å². The minimum atomic E-state index is -1.06. The molecule has 5 amide bonds. The van der Waals surface area contributed by atoms with Gasteiger partial charge in [0.05, 0.1) is 32.7 Å². The van der Waals surface area contributed by atoms with E-state index in [1.165, 1.54) is 24.3 Å². The number of carboxylic acid groups (broad SMARTS) is 4. The van der Waals surface area contributed by atoms with Crippen LogP contribution in [0.1, 0.15) is 83.7 Å². The number of rotatable bonds is 30. The Morgan fingerprint density at radius 2 is 1.16 bits per heavy atom. The molecule has 0 spiro atoms. The Morgan fingerprint density at radius 3 is 1.67 bits per heavy atom. The van der Waals surface area contributed by atoms with Crippen molar-refractivity contribution in [3.8, 4) is 0 Å². The Kier molecular flexibility index (Phi) is 27.1. The summed E-state index contributed by atoms with van der Waals surface area (Å²) in [6.45, 7) is 5.31. The van der Waals surface area contributed by atoms with Gasteiger partial charge in [0.1, 0.15) is 5.78 Å². The smallest absolute Gasteiger partial charge is 0.317 e. The molecular weight excluding hydrogens is 955 g/mol. The first kappa shape index (κ1) is 60.3. The van der Waals surface area contributed by atoms with Crippen molar-refractivity contribution in [2.24, 2.45) is 0 Å². The first-order valence-corrected chi connectivity index (χ1v) is 24.2. The highest BCUT2D eigenvalue weighted by atomic mass is 16.5. The Labute approximate surface area is 424 Å². The maximum atomic E-state index is 13.6. The van der Waals surface area contributed by atoms with E-state index in [2.05, 4.69) is 21.3 Å². The van der Waals surface area contributed by atoms with Crippen LogP contribution in [0.5, 0.6) is 0 Å². The number of ether oxygens (including phenoxy) is 1. The predicted octanol–water partition coefficient (Wildman–Crippen LogP) is 0.530. The van der Waals surface area contributed by atoms with E-state index in [9.17, 15) is 63.3 Å². The fraction of sp³-hybridized carbons (Fsp3) is 0.551. The molecule has 8 N–H and O–H groups in total. The van der Waals surface area contributed by atoms with E-state index in [0.29, 0.717) is 25.9 Å². The van der Waals surface area contributed by atoms with Crippen molar-refractivity contribution >= 4 is 59.9 Å². The standard InChI is InChI=1S/C49H71N9O15/c1-35-11-14-37(15-12-35)29-58(18-4-3-10-41(73-34-59)53-49(72)52-36(2)13-16-43(62)63)42(61)28-51-48(71)39-8-5-7-38(27-39)47(70)50-17-6-9-40(60)30-54-19-21-55(31-44(64)65)23-25-57(33-46(68)69)26-24-56(22-20-54)32-45(66)67/h5,7-8,11-12,14-15,27,34,36,41H,3-4,6,9-10,13,16-26,28-33H2,1-2H3,(H,50,70)(H,51,71)(H,62,63)(H,64,65)(H,66,67)(H,68,69)(H2,52,53,72)/t36-,41-/m1/s1. The first-order chi connectivity index (χ1) is 34.8. The van der Waals surface area contributed by atoms with Crippen LogP contribution in [0.3, 0.4) is 0 Å². The summed E-state index contributed by atoms with van der Waals surface area (Å²) in [4.78, 5) is 131. The second-order valence-electron chi connectivity index (χ2n) is 17.9. The highest BCUT2D eigenvalue weighted by molar-refractivity contribution is 6.00. The molecule has 24 heteroatoms. The first-order valence-electron chi connectivity index (χ1n) is 24.2. The number of urea groups is 1. The summed E-state index contributed by atoms with van der Waals surface area (Å²) in [5.41, 5.74) is 2.18. The number of aliphatic carboxylic acids is 4. The van der Waals surface area contributed by atoms with Crippen LogP contribution in [0.4, 0.5) is 4.79 Å². The van der Waals surface area contributed by atoms with E-state index in [0.717, 1.165) is 11.1 Å². The molecule has 1 fully saturated rings. The number of carboxylic acids is 4. The van der Waals surface area contributed by atoms with Gasteiger partial charge in [0.2, 0.25) is 5.91 Å². The summed E-state index contributed by atoms with van der Waals surface area (Å²) in [5, 5.41) is 47.8. The van der Waals surface area contributed by atoms with Gasteiger partial charge in [0, 0.05) is 108 Å². The lowest BCUT2D eigenvalue weighted by Crippen LogP contribution is -2.49. The Hall–Kier alpha value is -7.02. The highest BCUT2D eigenvalue weighted by Gasteiger charge is 2.23. The molecule has 0 saturated carbocycles. The normalized spacial score (nSPS) is 15.0. The lowest BCUT2D eigenvalue weighted by atomic mass is 10.1. The molecule has 1 heterocycles. The van der Waals surface area contributed by atoms with Crippen molar-refractivity contribution in [1.29, 1.82) is 0 Å². The predicted molar refractivity (Wildman–Crippen MR) is 263 cm³/mol. The SMILES string of the molecule is Cc1ccc(CN(CCCC[C@H](NC(=O)N[C@H](C)CCC(=O)O)OC=O)C(=O)CNC(=O)c2cccc(C(=O)NCCCC(=O)CN3CCN(CC(=O)O)CCN(CC(=O)O)CCN(CC(=O)O)CC3)c2)cc1. The molecule has 0 aromatic heterocycles. The third-order valence-electron chi connectivity index (χ3n) is 11.8. The topological polar surface area (TPSA) is 325 Å². The number of nitrogens with one attached hydrogen (secondary N) is 4. The van der Waals surface area contributed by atoms with E-state index >= 15 is 0 Å². The molecule has 1 aliphatic rings. The molecule has 0 unspecified atom stereocenters. The minimum absolute atomic E-state index is 0.00197. The molecule has 3 rings (SSSR count). The van der Waals surface area contributed by atoms with E-state index in [-0.39, 0.29) is 153 Å². The van der Waals surface area contributed by atoms with Gasteiger partial charge in [0.25, 0.3) is 18.3 Å². The zero-order chi connectivity index (χ0) is 53.7. The fourth-order valence-electron chi connectivity index (χ4n) is 7.78. The van der Waals surface area contributed by atoms with Crippen LogP contribution in [0, 0.1) is 6.92 Å². The monoisotopic (exact) mass is 1030 g/mol. The van der Waals surface area contributed by atoms with Crippen molar-refractivity contribution in [1.82, 2.24) is 45.8 Å². The molecule has 2 aromatic carbocycles. The van der Waals surface area contributed by atoms with Crippen molar-refractivity contribution in [2.45, 2.75) is 77.6 Å². The van der Waals surface area contributed by atoms with Crippen LogP contribution in [0.25, 0.3) is 0 Å². The molecule has 0 radical (unpaired) electrons. The number of hydrogen-bond acceptors (Lipinski definition) is 15. The maximum Gasteiger partial charge on any atom is 0.317 e. The number of carbonyl (C=O) groups excluding carboxylic acids is 6. The van der Waals surface area contributed by atoms with Crippen molar-refractivity contribution < 1.29 is 73.1 Å². The average molecular weight is 1030 g/mol. The van der Waals surface area contributed by atoms with Gasteiger partial charge in [-0.15, -0.1) is 0 Å². The average Bonchev–Trinajstić information content (AvgIpc) is 3.33. The summed E-state index contributed by atoms with van der Waals surface area (Å²) in [5.74, 6) is -5.80. The van der Waals surface area contributed by atoms with Gasteiger partial charge in [-0.2, -0.15) is 0 Å². The van der Waals surface area contributed by atoms with Crippen molar-refractivity contribution in [3.63, 3.8) is 0 Å². The summed E-state index contributed by atoms with van der Waals surface area (Å²) < 4.78 is 5.04. The third kappa shape index (κ3) is 25.8. The zero-order valence-electron chi connectivity index (χ0n) is 41.6. The van der Waals surface area contributed by atoms with Gasteiger partial charge in [-0.05, 0) is 63.3 Å². The fourth-order valence-corrected chi connectivity index (χ4v) is 7.78. The Balaban J connectivity index is 1.53. The van der Waals surface area contributed by atoms with Gasteiger partial charge in [-0.1, -0.05) is 35.9 Å². The molecule has 0 bridgehead atoms. The molecule has 0 aliphatic carbocycles. The molecule has 2 atom stereocenters. The molecule has 1 saturated heterocycles. The van der Waals surface area contributed by atoms with Gasteiger partial charge >= 0.3 is 29.9 Å². The second kappa shape index (κ2) is 32.9. The van der Waals surface area contributed by atoms with Crippen LogP contribution in [-0.2, 0) is 44.8 Å². The zero-order valence-corrected chi connectivity index (χ0v) is 41.6. The second-order valence-corrected chi connectivity index (χ2v) is 17.9. The van der Waals surface area contributed by atoms with E-state index in [4.69, 9.17) is 9.84 Å². The van der Waals surface area contributed by atoms with Crippen LogP contribution in [0.2, 0.25) is 0 Å². The van der Waals surface area contributed by atoms with Crippen molar-refractivity contribution in [3.05, 3.63) is 70.8 Å². The number of unbranched alkanes of at least 4 members (excludes halogenated alkanes) is 1. The molecule has 2 aromatic rings. The third-order valence-corrected chi connectivity index (χ3v) is 11.8. The van der Waals surface area contributed by atoms with Crippen LogP contribution < -0.4 is 21.3 Å². The molecule has 1 aliphatic heterocycles. The quantitative estimate of drug-likeness (QED) is 0.0301. The number of Topliss-reactive ketones (excluding diaryl/α,β-unsaturated/α-hetero) is 1. The number of aryl methyl sites for hydroxylation is 1. The summed E-state index contributed by atoms with van der Waals surface area (Å²) in [7, 11) is 0. The van der Waals surface area contributed by atoms with Crippen LogP contribution >= 0.6 is 0 Å². The van der Waals surface area contributed by atoms with Gasteiger partial charge in [-0.3, -0.25) is 62.8 Å². The maximum absolute atomic E-state index is 13.6. The highest BCUT2D eigenvalue weighted by Crippen LogP contribution is 2.12. The Bertz CT molecular complexity index is 2130. The molecule has 24 nitrogen and oxygen atoms in total. The van der Waals surface area contributed by atoms with E-state index in [1.54, 1.807) is 26.5 Å². The number of ketones is 1. The number of carbonyl (C=O) groups is 10. The number of nitrogens with zero attached hydrogens (tertiary/aromatic N) is 5.